The number of hydrogen-bond acceptors (Lipinski definition) is 4. The fraction of sp³-hybridized carbons (Fsp3) is 0.188. The lowest BCUT2D eigenvalue weighted by Crippen LogP contribution is -2.29. The number of oxazole rings is 1. The average molecular weight is 569 g/mol. The van der Waals surface area contributed by atoms with Gasteiger partial charge in [0.25, 0.3) is 0 Å². The molecule has 5 nitrogen and oxygen atoms in total. The number of halogens is 1. The summed E-state index contributed by atoms with van der Waals surface area (Å²) in [5.41, 5.74) is 3.76. The van der Waals surface area contributed by atoms with Crippen LogP contribution in [0.2, 0.25) is 0 Å². The molecule has 6 heteroatoms. The van der Waals surface area contributed by atoms with Crippen LogP contribution in [0.5, 0.6) is 0 Å². The highest BCUT2D eigenvalue weighted by atomic mass is 79.9. The summed E-state index contributed by atoms with van der Waals surface area (Å²) < 4.78 is 12.9. The Hall–Kier alpha value is -3.90. The molecule has 1 N–H and O–H groups in total. The van der Waals surface area contributed by atoms with Crippen molar-refractivity contribution in [1.29, 1.82) is 0 Å². The molecule has 5 rings (SSSR count). The van der Waals surface area contributed by atoms with Crippen molar-refractivity contribution in [3.8, 4) is 11.5 Å². The topological polar surface area (TPSA) is 64.4 Å². The Balaban J connectivity index is 1.31. The first-order valence-corrected chi connectivity index (χ1v) is 13.5. The van der Waals surface area contributed by atoms with Crippen LogP contribution in [-0.4, -0.2) is 11.1 Å². The van der Waals surface area contributed by atoms with Crippen LogP contribution in [-0.2, 0) is 11.2 Å². The molecule has 1 heterocycles. The van der Waals surface area contributed by atoms with E-state index in [9.17, 15) is 4.79 Å². The first kappa shape index (κ1) is 25.7. The molecule has 4 aromatic carbocycles. The van der Waals surface area contributed by atoms with Crippen LogP contribution in [0.25, 0.3) is 22.2 Å². The lowest BCUT2D eigenvalue weighted by atomic mass is 10.00. The minimum atomic E-state index is -0.458. The highest BCUT2D eigenvalue weighted by Gasteiger charge is 2.21. The third-order valence-electron chi connectivity index (χ3n) is 6.67. The number of amides is 1. The molecule has 2 unspecified atom stereocenters. The smallest absolute Gasteiger partial charge is 0.408 e. The normalized spacial score (nSPS) is 12.7. The summed E-state index contributed by atoms with van der Waals surface area (Å²) in [5.74, 6) is 1.37. The summed E-state index contributed by atoms with van der Waals surface area (Å²) >= 11 is 3.49. The number of rotatable bonds is 8. The second-order valence-electron chi connectivity index (χ2n) is 9.31. The molecule has 0 radical (unpaired) electrons. The number of nitrogens with zero attached hydrogens (tertiary/aromatic N) is 1. The van der Waals surface area contributed by atoms with Crippen LogP contribution in [0.4, 0.5) is 4.79 Å². The standard InChI is InChI=1S/C32H29BrN2O3/c1-21(27-14-8-12-23-9-6-7-13-28(23)27)34-32(36)38-30(24-15-17-26(33)18-16-24)20-19-29-22(2)37-31(35-29)25-10-4-3-5-11-25/h3-18,21,30H,19-20H2,1-2H3,(H,34,36). The second-order valence-corrected chi connectivity index (χ2v) is 10.2. The molecular formula is C32H29BrN2O3. The maximum atomic E-state index is 13.1. The summed E-state index contributed by atoms with van der Waals surface area (Å²) in [6, 6.07) is 31.8. The van der Waals surface area contributed by atoms with Gasteiger partial charge in [0.15, 0.2) is 0 Å². The molecule has 0 saturated carbocycles. The van der Waals surface area contributed by atoms with E-state index in [0.717, 1.165) is 43.4 Å². The number of fused-ring (bicyclic) bond motifs is 1. The Labute approximate surface area is 231 Å². The summed E-state index contributed by atoms with van der Waals surface area (Å²) in [6.07, 6.45) is 0.272. The number of ether oxygens (including phenoxy) is 1. The van der Waals surface area contributed by atoms with Crippen molar-refractivity contribution in [1.82, 2.24) is 10.3 Å². The van der Waals surface area contributed by atoms with Crippen molar-refractivity contribution >= 4 is 32.8 Å². The maximum absolute atomic E-state index is 13.1. The van der Waals surface area contributed by atoms with Gasteiger partial charge in [0.05, 0.1) is 11.7 Å². The third kappa shape index (κ3) is 5.97. The minimum absolute atomic E-state index is 0.217. The zero-order chi connectivity index (χ0) is 26.5. The van der Waals surface area contributed by atoms with Gasteiger partial charge in [0, 0.05) is 10.0 Å². The van der Waals surface area contributed by atoms with Crippen molar-refractivity contribution in [3.63, 3.8) is 0 Å². The predicted molar refractivity (Wildman–Crippen MR) is 154 cm³/mol. The van der Waals surface area contributed by atoms with E-state index in [-0.39, 0.29) is 6.04 Å². The Morgan fingerprint density at radius 3 is 2.45 bits per heavy atom. The van der Waals surface area contributed by atoms with E-state index in [1.165, 1.54) is 0 Å². The van der Waals surface area contributed by atoms with Crippen molar-refractivity contribution in [2.24, 2.45) is 0 Å². The lowest BCUT2D eigenvalue weighted by molar-refractivity contribution is 0.0900. The fourth-order valence-corrected chi connectivity index (χ4v) is 4.91. The van der Waals surface area contributed by atoms with Crippen LogP contribution < -0.4 is 5.32 Å². The number of carbonyl (C=O) groups excluding carboxylic acids is 1. The summed E-state index contributed by atoms with van der Waals surface area (Å²) in [7, 11) is 0. The van der Waals surface area contributed by atoms with Crippen LogP contribution in [0.15, 0.2) is 106 Å². The van der Waals surface area contributed by atoms with Gasteiger partial charge in [-0.25, -0.2) is 9.78 Å². The SMILES string of the molecule is Cc1oc(-c2ccccc2)nc1CCC(OC(=O)NC(C)c1cccc2ccccc12)c1ccc(Br)cc1. The van der Waals surface area contributed by atoms with Gasteiger partial charge in [0.2, 0.25) is 5.89 Å². The number of aromatic nitrogens is 1. The molecule has 0 fully saturated rings. The molecule has 0 spiro atoms. The largest absolute Gasteiger partial charge is 0.441 e. The number of aryl methyl sites for hydroxylation is 2. The van der Waals surface area contributed by atoms with Crippen molar-refractivity contribution in [3.05, 3.63) is 124 Å². The molecule has 0 aliphatic rings. The zero-order valence-corrected chi connectivity index (χ0v) is 22.9. The Morgan fingerprint density at radius 1 is 0.947 bits per heavy atom. The molecule has 0 aliphatic heterocycles. The first-order valence-electron chi connectivity index (χ1n) is 12.7. The van der Waals surface area contributed by atoms with Crippen LogP contribution in [0.1, 0.15) is 48.1 Å². The van der Waals surface area contributed by atoms with Gasteiger partial charge >= 0.3 is 6.09 Å². The van der Waals surface area contributed by atoms with E-state index in [4.69, 9.17) is 14.1 Å². The summed E-state index contributed by atoms with van der Waals surface area (Å²) in [5, 5.41) is 5.28. The number of carbonyl (C=O) groups is 1. The number of nitrogens with one attached hydrogen (secondary N) is 1. The number of benzene rings is 4. The molecule has 0 aliphatic carbocycles. The predicted octanol–water partition coefficient (Wildman–Crippen LogP) is 8.73. The Morgan fingerprint density at radius 2 is 1.66 bits per heavy atom. The molecule has 0 bridgehead atoms. The van der Waals surface area contributed by atoms with E-state index in [1.54, 1.807) is 0 Å². The lowest BCUT2D eigenvalue weighted by Gasteiger charge is -2.21. The highest BCUT2D eigenvalue weighted by Crippen LogP contribution is 2.29. The van der Waals surface area contributed by atoms with Gasteiger partial charge < -0.3 is 14.5 Å². The fourth-order valence-electron chi connectivity index (χ4n) is 4.65. The minimum Gasteiger partial charge on any atom is -0.441 e. The summed E-state index contributed by atoms with van der Waals surface area (Å²) in [6.45, 7) is 3.89. The van der Waals surface area contributed by atoms with Gasteiger partial charge in [0.1, 0.15) is 11.9 Å². The molecule has 1 amide bonds. The van der Waals surface area contributed by atoms with E-state index in [0.29, 0.717) is 18.7 Å². The summed E-state index contributed by atoms with van der Waals surface area (Å²) in [4.78, 5) is 17.8. The maximum Gasteiger partial charge on any atom is 0.408 e. The molecule has 192 valence electrons. The van der Waals surface area contributed by atoms with Gasteiger partial charge in [-0.1, -0.05) is 88.7 Å². The van der Waals surface area contributed by atoms with Crippen molar-refractivity contribution in [2.45, 2.75) is 38.8 Å². The monoisotopic (exact) mass is 568 g/mol. The molecule has 1 aromatic heterocycles. The molecular weight excluding hydrogens is 540 g/mol. The zero-order valence-electron chi connectivity index (χ0n) is 21.4. The van der Waals surface area contributed by atoms with Gasteiger partial charge in [-0.3, -0.25) is 0 Å². The Bertz CT molecular complexity index is 1520. The van der Waals surface area contributed by atoms with Gasteiger partial charge in [-0.05, 0) is 72.9 Å². The van der Waals surface area contributed by atoms with E-state index < -0.39 is 12.2 Å². The van der Waals surface area contributed by atoms with E-state index >= 15 is 0 Å². The number of alkyl carbamates (subject to hydrolysis) is 1. The molecule has 5 aromatic rings. The van der Waals surface area contributed by atoms with Crippen LogP contribution in [0.3, 0.4) is 0 Å². The molecule has 38 heavy (non-hydrogen) atoms. The average Bonchev–Trinajstić information content (AvgIpc) is 3.32. The first-order chi connectivity index (χ1) is 18.5. The highest BCUT2D eigenvalue weighted by molar-refractivity contribution is 9.10. The van der Waals surface area contributed by atoms with Crippen LogP contribution >= 0.6 is 15.9 Å². The second kappa shape index (κ2) is 11.7. The van der Waals surface area contributed by atoms with Gasteiger partial charge in [-0.2, -0.15) is 0 Å². The van der Waals surface area contributed by atoms with Crippen LogP contribution in [0, 0.1) is 6.92 Å². The van der Waals surface area contributed by atoms with Crippen molar-refractivity contribution in [2.75, 3.05) is 0 Å². The van der Waals surface area contributed by atoms with Gasteiger partial charge in [-0.15, -0.1) is 0 Å². The van der Waals surface area contributed by atoms with E-state index in [2.05, 4.69) is 39.4 Å². The number of hydrogen-bond donors (Lipinski definition) is 1. The molecule has 0 saturated heterocycles. The molecule has 2 atom stereocenters. The van der Waals surface area contributed by atoms with E-state index in [1.807, 2.05) is 92.7 Å². The third-order valence-corrected chi connectivity index (χ3v) is 7.20. The van der Waals surface area contributed by atoms with Crippen molar-refractivity contribution < 1.29 is 13.9 Å². The quantitative estimate of drug-likeness (QED) is 0.203. The Kier molecular flexibility index (Phi) is 7.89.